The highest BCUT2D eigenvalue weighted by atomic mass is 16.5. The topological polar surface area (TPSA) is 80.7 Å². The number of carboxylic acid groups (broad SMARTS) is 1. The number of ether oxygens (including phenoxy) is 1. The van der Waals surface area contributed by atoms with Gasteiger partial charge in [-0.3, -0.25) is 14.4 Å². The molecular formula is C26H36O5. The number of rotatable bonds is 7. The number of aliphatic carboxylic acids is 1. The summed E-state index contributed by atoms with van der Waals surface area (Å²) in [6, 6.07) is 0. The van der Waals surface area contributed by atoms with Crippen LogP contribution in [-0.4, -0.2) is 35.9 Å². The molecule has 0 aromatic heterocycles. The van der Waals surface area contributed by atoms with Gasteiger partial charge in [0.15, 0.2) is 11.6 Å². The Balaban J connectivity index is 1.50. The summed E-state index contributed by atoms with van der Waals surface area (Å²) in [5, 5.41) is 8.74. The largest absolute Gasteiger partial charge is 0.481 e. The average Bonchev–Trinajstić information content (AvgIpc) is 2.98. The lowest BCUT2D eigenvalue weighted by Gasteiger charge is -2.53. The maximum absolute atomic E-state index is 13.2. The Morgan fingerprint density at radius 1 is 1.26 bits per heavy atom. The monoisotopic (exact) mass is 428 g/mol. The smallest absolute Gasteiger partial charge is 0.303 e. The van der Waals surface area contributed by atoms with Crippen molar-refractivity contribution >= 4 is 17.5 Å². The van der Waals surface area contributed by atoms with Gasteiger partial charge in [-0.1, -0.05) is 38.0 Å². The Morgan fingerprint density at radius 2 is 2.03 bits per heavy atom. The molecule has 2 fully saturated rings. The van der Waals surface area contributed by atoms with E-state index < -0.39 is 5.97 Å². The van der Waals surface area contributed by atoms with Gasteiger partial charge in [-0.05, 0) is 67.8 Å². The molecule has 1 N–H and O–H groups in total. The lowest BCUT2D eigenvalue weighted by molar-refractivity contribution is -0.137. The predicted molar refractivity (Wildman–Crippen MR) is 117 cm³/mol. The quantitative estimate of drug-likeness (QED) is 0.467. The Kier molecular flexibility index (Phi) is 6.01. The molecule has 4 rings (SSSR count). The summed E-state index contributed by atoms with van der Waals surface area (Å²) < 4.78 is 5.57. The predicted octanol–water partition coefficient (Wildman–Crippen LogP) is 4.75. The highest BCUT2D eigenvalue weighted by molar-refractivity contribution is 5.92. The van der Waals surface area contributed by atoms with Crippen LogP contribution in [0.4, 0.5) is 0 Å². The Labute approximate surface area is 185 Å². The van der Waals surface area contributed by atoms with Gasteiger partial charge in [0, 0.05) is 30.8 Å². The van der Waals surface area contributed by atoms with Gasteiger partial charge in [0.25, 0.3) is 0 Å². The number of carboxylic acids is 1. The van der Waals surface area contributed by atoms with E-state index in [0.717, 1.165) is 32.1 Å². The van der Waals surface area contributed by atoms with Crippen LogP contribution in [0.15, 0.2) is 23.3 Å². The molecule has 0 aromatic carbocycles. The van der Waals surface area contributed by atoms with Gasteiger partial charge in [-0.15, -0.1) is 0 Å². The third kappa shape index (κ3) is 3.83. The normalized spacial score (nSPS) is 39.1. The van der Waals surface area contributed by atoms with Crippen LogP contribution in [0.2, 0.25) is 0 Å². The molecule has 0 heterocycles. The number of ketones is 2. The first-order chi connectivity index (χ1) is 14.7. The molecular weight excluding hydrogens is 392 g/mol. The lowest BCUT2D eigenvalue weighted by Crippen LogP contribution is -2.46. The molecule has 2 unspecified atom stereocenters. The molecule has 6 atom stereocenters. The van der Waals surface area contributed by atoms with E-state index in [0.29, 0.717) is 37.2 Å². The van der Waals surface area contributed by atoms with E-state index in [1.807, 2.05) is 6.08 Å². The van der Waals surface area contributed by atoms with Crippen LogP contribution in [0.3, 0.4) is 0 Å². The third-order valence-corrected chi connectivity index (χ3v) is 8.95. The zero-order valence-corrected chi connectivity index (χ0v) is 19.1. The molecule has 2 saturated carbocycles. The molecule has 0 aromatic rings. The fourth-order valence-corrected chi connectivity index (χ4v) is 7.50. The first-order valence-electron chi connectivity index (χ1n) is 11.9. The second-order valence-electron chi connectivity index (χ2n) is 10.8. The second kappa shape index (κ2) is 8.31. The van der Waals surface area contributed by atoms with E-state index in [1.165, 1.54) is 11.1 Å². The van der Waals surface area contributed by atoms with Crippen LogP contribution >= 0.6 is 0 Å². The number of carbonyl (C=O) groups is 3. The SMILES string of the molecule is C[C@H]1CC2C3CCC4=CC(=O)CC[C@]4(C)C3=CC[C@]2(C)[C@H]1C(=O)COCCCC(=O)O. The van der Waals surface area contributed by atoms with Crippen molar-refractivity contribution in [3.63, 3.8) is 0 Å². The van der Waals surface area contributed by atoms with Gasteiger partial charge in [0.2, 0.25) is 0 Å². The van der Waals surface area contributed by atoms with Crippen LogP contribution in [-0.2, 0) is 19.1 Å². The summed E-state index contributed by atoms with van der Waals surface area (Å²) in [5.74, 6) is 0.945. The zero-order chi connectivity index (χ0) is 22.4. The molecule has 0 radical (unpaired) electrons. The maximum Gasteiger partial charge on any atom is 0.303 e. The lowest BCUT2D eigenvalue weighted by atomic mass is 9.51. The molecule has 5 heteroatoms. The first kappa shape index (κ1) is 22.4. The van der Waals surface area contributed by atoms with Crippen molar-refractivity contribution in [2.24, 2.45) is 34.5 Å². The van der Waals surface area contributed by atoms with Crippen molar-refractivity contribution in [2.45, 2.75) is 72.1 Å². The van der Waals surface area contributed by atoms with Gasteiger partial charge < -0.3 is 9.84 Å². The zero-order valence-electron chi connectivity index (χ0n) is 19.1. The van der Waals surface area contributed by atoms with Crippen molar-refractivity contribution in [2.75, 3.05) is 13.2 Å². The third-order valence-electron chi connectivity index (χ3n) is 8.95. The minimum absolute atomic E-state index is 0.00699. The number of carbonyl (C=O) groups excluding carboxylic acids is 2. The van der Waals surface area contributed by atoms with Gasteiger partial charge in [0.05, 0.1) is 0 Å². The standard InChI is InChI=1S/C26H36O5/c1-16-13-21-19-7-6-17-14-18(27)8-10-25(17,2)20(19)9-11-26(21,3)24(16)22(28)15-31-12-4-5-23(29)30/h9,14,16,19,21,24H,4-8,10-13,15H2,1-3H3,(H,29,30)/t16-,19?,21?,24+,25-,26-/m0/s1. The van der Waals surface area contributed by atoms with Crippen LogP contribution in [0, 0.1) is 34.5 Å². The molecule has 0 bridgehead atoms. The first-order valence-corrected chi connectivity index (χ1v) is 11.9. The number of hydrogen-bond donors (Lipinski definition) is 1. The molecule has 5 nitrogen and oxygen atoms in total. The maximum atomic E-state index is 13.2. The molecule has 31 heavy (non-hydrogen) atoms. The molecule has 4 aliphatic carbocycles. The second-order valence-corrected chi connectivity index (χ2v) is 10.8. The molecule has 0 spiro atoms. The van der Waals surface area contributed by atoms with Crippen LogP contribution in [0.5, 0.6) is 0 Å². The Hall–Kier alpha value is -1.75. The van der Waals surface area contributed by atoms with Gasteiger partial charge in [-0.2, -0.15) is 0 Å². The van der Waals surface area contributed by atoms with E-state index in [4.69, 9.17) is 9.84 Å². The van der Waals surface area contributed by atoms with E-state index in [-0.39, 0.29) is 41.3 Å². The summed E-state index contributed by atoms with van der Waals surface area (Å²) in [7, 11) is 0. The summed E-state index contributed by atoms with van der Waals surface area (Å²) >= 11 is 0. The number of Topliss-reactive ketones (excluding diaryl/α,β-unsaturated/α-hetero) is 1. The molecule has 0 amide bonds. The molecule has 0 saturated heterocycles. The van der Waals surface area contributed by atoms with Crippen LogP contribution in [0.1, 0.15) is 72.1 Å². The van der Waals surface area contributed by atoms with Gasteiger partial charge >= 0.3 is 5.97 Å². The summed E-state index contributed by atoms with van der Waals surface area (Å²) in [5.41, 5.74) is 2.84. The van der Waals surface area contributed by atoms with Crippen molar-refractivity contribution in [3.8, 4) is 0 Å². The Bertz CT molecular complexity index is 839. The van der Waals surface area contributed by atoms with E-state index in [1.54, 1.807) is 0 Å². The van der Waals surface area contributed by atoms with Crippen molar-refractivity contribution in [1.29, 1.82) is 0 Å². The summed E-state index contributed by atoms with van der Waals surface area (Å²) in [6.45, 7) is 7.26. The molecule has 0 aliphatic heterocycles. The minimum atomic E-state index is -0.832. The van der Waals surface area contributed by atoms with Crippen molar-refractivity contribution in [1.82, 2.24) is 0 Å². The van der Waals surface area contributed by atoms with Crippen LogP contribution < -0.4 is 0 Å². The minimum Gasteiger partial charge on any atom is -0.481 e. The van der Waals surface area contributed by atoms with Crippen LogP contribution in [0.25, 0.3) is 0 Å². The fourth-order valence-electron chi connectivity index (χ4n) is 7.50. The highest BCUT2D eigenvalue weighted by Crippen LogP contribution is 2.65. The van der Waals surface area contributed by atoms with Crippen molar-refractivity contribution in [3.05, 3.63) is 23.3 Å². The number of hydrogen-bond acceptors (Lipinski definition) is 4. The van der Waals surface area contributed by atoms with E-state index >= 15 is 0 Å². The number of allylic oxidation sites excluding steroid dienone is 4. The average molecular weight is 429 g/mol. The van der Waals surface area contributed by atoms with E-state index in [9.17, 15) is 14.4 Å². The van der Waals surface area contributed by atoms with Crippen molar-refractivity contribution < 1.29 is 24.2 Å². The highest BCUT2D eigenvalue weighted by Gasteiger charge is 2.59. The van der Waals surface area contributed by atoms with Gasteiger partial charge in [0.1, 0.15) is 6.61 Å². The number of fused-ring (bicyclic) bond motifs is 5. The van der Waals surface area contributed by atoms with Gasteiger partial charge in [-0.25, -0.2) is 0 Å². The molecule has 4 aliphatic rings. The molecule has 170 valence electrons. The summed E-state index contributed by atoms with van der Waals surface area (Å²) in [4.78, 5) is 35.8. The van der Waals surface area contributed by atoms with E-state index in [2.05, 4.69) is 26.8 Å². The fraction of sp³-hybridized carbons (Fsp3) is 0.731. The Morgan fingerprint density at radius 3 is 2.77 bits per heavy atom. The summed E-state index contributed by atoms with van der Waals surface area (Å²) in [6.07, 6.45) is 10.5.